The van der Waals surface area contributed by atoms with Gasteiger partial charge in [-0.25, -0.2) is 4.39 Å². The van der Waals surface area contributed by atoms with E-state index in [9.17, 15) is 4.39 Å². The minimum absolute atomic E-state index is 0.211. The molecule has 1 N–H and O–H groups in total. The van der Waals surface area contributed by atoms with Gasteiger partial charge in [0.15, 0.2) is 0 Å². The van der Waals surface area contributed by atoms with Crippen LogP contribution in [0.3, 0.4) is 0 Å². The first-order valence-electron chi connectivity index (χ1n) is 9.94. The van der Waals surface area contributed by atoms with Crippen molar-refractivity contribution in [3.8, 4) is 11.1 Å². The Morgan fingerprint density at radius 3 is 2.70 bits per heavy atom. The van der Waals surface area contributed by atoms with E-state index in [-0.39, 0.29) is 11.4 Å². The first kappa shape index (κ1) is 20.0. The number of unbranched alkanes of at least 4 members (excludes halogenated alkanes) is 1. The van der Waals surface area contributed by atoms with Crippen molar-refractivity contribution in [3.63, 3.8) is 0 Å². The molecule has 0 aromatic heterocycles. The van der Waals surface area contributed by atoms with Gasteiger partial charge in [-0.1, -0.05) is 36.4 Å². The van der Waals surface area contributed by atoms with Crippen LogP contribution >= 0.6 is 0 Å². The van der Waals surface area contributed by atoms with Gasteiger partial charge in [0.25, 0.3) is 0 Å². The number of hydrogen-bond acceptors (Lipinski definition) is 3. The van der Waals surface area contributed by atoms with E-state index in [1.54, 1.807) is 7.11 Å². The number of methoxy groups -OCH3 is 1. The summed E-state index contributed by atoms with van der Waals surface area (Å²) < 4.78 is 25.2. The molecule has 2 aromatic rings. The van der Waals surface area contributed by atoms with Crippen LogP contribution in [0.1, 0.15) is 44.1 Å². The second-order valence-corrected chi connectivity index (χ2v) is 7.24. The molecule has 1 heterocycles. The fourth-order valence-electron chi connectivity index (χ4n) is 3.96. The topological polar surface area (TPSA) is 30.5 Å². The Kier molecular flexibility index (Phi) is 7.39. The molecule has 0 bridgehead atoms. The van der Waals surface area contributed by atoms with Crippen LogP contribution in [0.15, 0.2) is 48.5 Å². The Bertz CT molecular complexity index is 694. The molecule has 1 fully saturated rings. The molecular weight excluding hydrogens is 341 g/mol. The van der Waals surface area contributed by atoms with Gasteiger partial charge in [0.05, 0.1) is 12.3 Å². The van der Waals surface area contributed by atoms with Crippen molar-refractivity contribution >= 4 is 0 Å². The highest BCUT2D eigenvalue weighted by Crippen LogP contribution is 2.42. The Morgan fingerprint density at radius 2 is 1.89 bits per heavy atom. The molecule has 0 radical (unpaired) electrons. The number of nitrogens with one attached hydrogen (secondary N) is 1. The summed E-state index contributed by atoms with van der Waals surface area (Å²) in [6.45, 7) is 2.33. The van der Waals surface area contributed by atoms with Gasteiger partial charge in [-0.3, -0.25) is 5.32 Å². The molecule has 1 atom stereocenters. The number of rotatable bonds is 7. The number of hydrogen-bond donors (Lipinski definition) is 1. The zero-order valence-corrected chi connectivity index (χ0v) is 16.2. The molecule has 0 unspecified atom stereocenters. The molecule has 2 aromatic carbocycles. The van der Waals surface area contributed by atoms with Crippen LogP contribution in [0.4, 0.5) is 4.39 Å². The van der Waals surface area contributed by atoms with E-state index in [1.165, 1.54) is 17.7 Å². The molecule has 0 saturated carbocycles. The fraction of sp³-hybridized carbons (Fsp3) is 0.478. The molecule has 146 valence electrons. The smallest absolute Gasteiger partial charge is 0.123 e. The van der Waals surface area contributed by atoms with E-state index in [2.05, 4.69) is 23.5 Å². The number of benzene rings is 2. The third-order valence-corrected chi connectivity index (χ3v) is 5.39. The predicted molar refractivity (Wildman–Crippen MR) is 107 cm³/mol. The third-order valence-electron chi connectivity index (χ3n) is 5.39. The first-order valence-corrected chi connectivity index (χ1v) is 9.94. The molecule has 1 saturated heterocycles. The lowest BCUT2D eigenvalue weighted by molar-refractivity contribution is -0.0799. The van der Waals surface area contributed by atoms with Crippen molar-refractivity contribution in [2.45, 2.75) is 44.1 Å². The highest BCUT2D eigenvalue weighted by Gasteiger charge is 2.35. The van der Waals surface area contributed by atoms with Gasteiger partial charge in [-0.2, -0.15) is 0 Å². The summed E-state index contributed by atoms with van der Waals surface area (Å²) in [4.78, 5) is 0. The molecule has 3 nitrogen and oxygen atoms in total. The summed E-state index contributed by atoms with van der Waals surface area (Å²) >= 11 is 0. The van der Waals surface area contributed by atoms with Crippen LogP contribution in [0.2, 0.25) is 0 Å². The van der Waals surface area contributed by atoms with Crippen LogP contribution in [0.5, 0.6) is 0 Å². The average Bonchev–Trinajstić information content (AvgIpc) is 2.68. The quantitative estimate of drug-likeness (QED) is 0.674. The van der Waals surface area contributed by atoms with Gasteiger partial charge in [0.1, 0.15) is 5.82 Å². The van der Waals surface area contributed by atoms with Gasteiger partial charge in [0.2, 0.25) is 0 Å². The van der Waals surface area contributed by atoms with Crippen LogP contribution in [0, 0.1) is 5.82 Å². The second kappa shape index (κ2) is 9.98. The molecule has 27 heavy (non-hydrogen) atoms. The largest absolute Gasteiger partial charge is 0.385 e. The minimum atomic E-state index is -0.327. The molecule has 0 spiro atoms. The van der Waals surface area contributed by atoms with Crippen LogP contribution < -0.4 is 5.32 Å². The molecule has 3 rings (SSSR count). The summed E-state index contributed by atoms with van der Waals surface area (Å²) in [5.41, 5.74) is 3.04. The van der Waals surface area contributed by atoms with Crippen molar-refractivity contribution in [1.82, 2.24) is 5.32 Å². The van der Waals surface area contributed by atoms with E-state index in [0.29, 0.717) is 6.73 Å². The van der Waals surface area contributed by atoms with Crippen molar-refractivity contribution in [2.24, 2.45) is 0 Å². The van der Waals surface area contributed by atoms with Crippen LogP contribution in [-0.4, -0.2) is 27.0 Å². The lowest BCUT2D eigenvalue weighted by Crippen LogP contribution is -2.37. The van der Waals surface area contributed by atoms with Crippen molar-refractivity contribution in [2.75, 3.05) is 27.0 Å². The zero-order valence-electron chi connectivity index (χ0n) is 16.2. The molecule has 0 aliphatic carbocycles. The highest BCUT2D eigenvalue weighted by atomic mass is 19.1. The summed E-state index contributed by atoms with van der Waals surface area (Å²) in [6, 6.07) is 15.2. The molecule has 4 heteroatoms. The van der Waals surface area contributed by atoms with Crippen molar-refractivity contribution in [1.29, 1.82) is 0 Å². The van der Waals surface area contributed by atoms with E-state index < -0.39 is 0 Å². The Balaban J connectivity index is 1.96. The fourth-order valence-corrected chi connectivity index (χ4v) is 3.96. The monoisotopic (exact) mass is 371 g/mol. The van der Waals surface area contributed by atoms with Crippen molar-refractivity contribution in [3.05, 3.63) is 59.9 Å². The SMILES string of the molecule is COCCCC[C@@]1(c2ccccc2-c2ccc(F)cc2)CCCCNCO1. The van der Waals surface area contributed by atoms with Gasteiger partial charge in [-0.15, -0.1) is 0 Å². The maximum Gasteiger partial charge on any atom is 0.123 e. The molecule has 0 amide bonds. The lowest BCUT2D eigenvalue weighted by atomic mass is 9.79. The predicted octanol–water partition coefficient (Wildman–Crippen LogP) is 5.25. The number of ether oxygens (including phenoxy) is 2. The number of halogens is 1. The summed E-state index contributed by atoms with van der Waals surface area (Å²) in [5, 5.41) is 3.38. The minimum Gasteiger partial charge on any atom is -0.385 e. The van der Waals surface area contributed by atoms with Crippen molar-refractivity contribution < 1.29 is 13.9 Å². The van der Waals surface area contributed by atoms with E-state index in [1.807, 2.05) is 18.2 Å². The maximum atomic E-state index is 13.4. The van der Waals surface area contributed by atoms with Crippen LogP contribution in [-0.2, 0) is 15.1 Å². The summed E-state index contributed by atoms with van der Waals surface area (Å²) in [7, 11) is 1.75. The Morgan fingerprint density at radius 1 is 1.07 bits per heavy atom. The standard InChI is InChI=1S/C23H30FNO2/c1-26-17-7-5-15-23(14-4-6-16-25-18-27-23)22-9-3-2-8-21(22)19-10-12-20(24)13-11-19/h2-3,8-13,25H,4-7,14-18H2,1H3/t23-/m1/s1. The third kappa shape index (κ3) is 5.16. The average molecular weight is 371 g/mol. The normalized spacial score (nSPS) is 20.8. The van der Waals surface area contributed by atoms with Crippen LogP contribution in [0.25, 0.3) is 11.1 Å². The van der Waals surface area contributed by atoms with Gasteiger partial charge >= 0.3 is 0 Å². The van der Waals surface area contributed by atoms with E-state index >= 15 is 0 Å². The summed E-state index contributed by atoms with van der Waals surface area (Å²) in [6.07, 6.45) is 6.30. The molecular formula is C23H30FNO2. The Labute approximate surface area is 161 Å². The second-order valence-electron chi connectivity index (χ2n) is 7.24. The van der Waals surface area contributed by atoms with Gasteiger partial charge in [0, 0.05) is 13.7 Å². The first-order chi connectivity index (χ1) is 13.2. The highest BCUT2D eigenvalue weighted by molar-refractivity contribution is 5.68. The molecule has 1 aliphatic heterocycles. The van der Waals surface area contributed by atoms with E-state index in [0.717, 1.165) is 62.8 Å². The van der Waals surface area contributed by atoms with Gasteiger partial charge < -0.3 is 9.47 Å². The van der Waals surface area contributed by atoms with E-state index in [4.69, 9.17) is 9.47 Å². The maximum absolute atomic E-state index is 13.4. The Hall–Kier alpha value is -1.75. The zero-order chi connectivity index (χ0) is 19.0. The van der Waals surface area contributed by atoms with Gasteiger partial charge in [-0.05, 0) is 73.9 Å². The summed E-state index contributed by atoms with van der Waals surface area (Å²) in [5.74, 6) is -0.211. The lowest BCUT2D eigenvalue weighted by Gasteiger charge is -2.38. The molecule has 1 aliphatic rings.